The average molecular weight is 342 g/mol. The average Bonchev–Trinajstić information content (AvgIpc) is 3.35. The molecule has 1 N–H and O–H groups in total. The van der Waals surface area contributed by atoms with Crippen LogP contribution in [0.3, 0.4) is 0 Å². The Kier molecular flexibility index (Phi) is 5.71. The van der Waals surface area contributed by atoms with E-state index in [1.54, 1.807) is 18.0 Å². The number of carbonyl (C=O) groups is 1. The van der Waals surface area contributed by atoms with Crippen molar-refractivity contribution in [3.05, 3.63) is 48.3 Å². The van der Waals surface area contributed by atoms with Crippen molar-refractivity contribution in [1.82, 2.24) is 20.0 Å². The lowest BCUT2D eigenvalue weighted by Gasteiger charge is -2.29. The summed E-state index contributed by atoms with van der Waals surface area (Å²) >= 11 is 0. The van der Waals surface area contributed by atoms with E-state index in [4.69, 9.17) is 4.74 Å². The van der Waals surface area contributed by atoms with Gasteiger partial charge in [0.05, 0.1) is 13.2 Å². The molecular weight excluding hydrogens is 316 g/mol. The van der Waals surface area contributed by atoms with Gasteiger partial charge in [0.1, 0.15) is 11.8 Å². The zero-order chi connectivity index (χ0) is 17.6. The van der Waals surface area contributed by atoms with Crippen LogP contribution in [0, 0.1) is 0 Å². The highest BCUT2D eigenvalue weighted by atomic mass is 16.5. The first-order valence-electron chi connectivity index (χ1n) is 8.84. The molecule has 0 unspecified atom stereocenters. The van der Waals surface area contributed by atoms with Crippen LogP contribution in [-0.4, -0.2) is 47.3 Å². The predicted octanol–water partition coefficient (Wildman–Crippen LogP) is 2.41. The molecule has 6 nitrogen and oxygen atoms in total. The number of para-hydroxylation sites is 1. The minimum absolute atomic E-state index is 0.0252. The molecule has 1 aromatic carbocycles. The van der Waals surface area contributed by atoms with Gasteiger partial charge in [-0.3, -0.25) is 14.4 Å². The third-order valence-corrected chi connectivity index (χ3v) is 4.85. The van der Waals surface area contributed by atoms with Crippen molar-refractivity contribution in [3.63, 3.8) is 0 Å². The number of nitrogens with zero attached hydrogens (tertiary/aromatic N) is 3. The number of benzene rings is 1. The Bertz CT molecular complexity index is 680. The van der Waals surface area contributed by atoms with E-state index in [1.807, 2.05) is 37.4 Å². The van der Waals surface area contributed by atoms with E-state index >= 15 is 0 Å². The maximum Gasteiger partial charge on any atom is 0.244 e. The molecule has 1 aromatic heterocycles. The molecule has 0 bridgehead atoms. The van der Waals surface area contributed by atoms with Crippen LogP contribution in [0.5, 0.6) is 5.75 Å². The quantitative estimate of drug-likeness (QED) is 0.839. The molecule has 1 amide bonds. The van der Waals surface area contributed by atoms with E-state index < -0.39 is 0 Å². The van der Waals surface area contributed by atoms with E-state index in [-0.39, 0.29) is 18.0 Å². The highest BCUT2D eigenvalue weighted by Gasteiger charge is 2.27. The number of carbonyl (C=O) groups excluding carboxylic acids is 1. The van der Waals surface area contributed by atoms with E-state index in [1.165, 1.54) is 12.8 Å². The Hall–Kier alpha value is -2.34. The van der Waals surface area contributed by atoms with Crippen LogP contribution >= 0.6 is 0 Å². The molecule has 1 aliphatic rings. The number of methoxy groups -OCH3 is 1. The summed E-state index contributed by atoms with van der Waals surface area (Å²) in [5.74, 6) is 0.844. The number of hydrogen-bond acceptors (Lipinski definition) is 4. The van der Waals surface area contributed by atoms with Crippen molar-refractivity contribution in [2.24, 2.45) is 0 Å². The Morgan fingerprint density at radius 1 is 1.28 bits per heavy atom. The molecule has 0 spiro atoms. The van der Waals surface area contributed by atoms with Crippen molar-refractivity contribution in [2.45, 2.75) is 31.8 Å². The minimum Gasteiger partial charge on any atom is -0.496 e. The first-order valence-corrected chi connectivity index (χ1v) is 8.84. The van der Waals surface area contributed by atoms with Crippen LogP contribution in [0.4, 0.5) is 0 Å². The standard InChI is InChI=1S/C19H26N4O2/c1-15(23-13-7-10-21-23)19(24)20-14-17(22-11-5-6-12-22)16-8-3-4-9-18(16)25-2/h3-4,7-10,13,15,17H,5-6,11-12,14H2,1-2H3,(H,20,24)/t15-,17-/m1/s1. The van der Waals surface area contributed by atoms with Crippen LogP contribution in [0.2, 0.25) is 0 Å². The summed E-state index contributed by atoms with van der Waals surface area (Å²) < 4.78 is 7.22. The van der Waals surface area contributed by atoms with E-state index in [2.05, 4.69) is 21.4 Å². The molecule has 3 rings (SSSR count). The Balaban J connectivity index is 1.73. The van der Waals surface area contributed by atoms with Gasteiger partial charge in [-0.05, 0) is 45.0 Å². The van der Waals surface area contributed by atoms with Crippen LogP contribution in [0.15, 0.2) is 42.7 Å². The summed E-state index contributed by atoms with van der Waals surface area (Å²) in [6.45, 7) is 4.52. The number of hydrogen-bond donors (Lipinski definition) is 1. The first kappa shape index (κ1) is 17.5. The SMILES string of the molecule is COc1ccccc1[C@@H](CNC(=O)[C@@H](C)n1cccn1)N1CCCC1. The summed E-state index contributed by atoms with van der Waals surface area (Å²) in [4.78, 5) is 15.0. The molecule has 0 aliphatic carbocycles. The summed E-state index contributed by atoms with van der Waals surface area (Å²) in [5, 5.41) is 7.25. The fraction of sp³-hybridized carbons (Fsp3) is 0.474. The molecule has 1 fully saturated rings. The van der Waals surface area contributed by atoms with Gasteiger partial charge < -0.3 is 10.1 Å². The molecule has 25 heavy (non-hydrogen) atoms. The van der Waals surface area contributed by atoms with Crippen LogP contribution in [0.1, 0.15) is 37.4 Å². The predicted molar refractivity (Wildman–Crippen MR) is 96.5 cm³/mol. The lowest BCUT2D eigenvalue weighted by atomic mass is 10.0. The first-order chi connectivity index (χ1) is 12.2. The lowest BCUT2D eigenvalue weighted by molar-refractivity contribution is -0.124. The lowest BCUT2D eigenvalue weighted by Crippen LogP contribution is -2.39. The summed E-state index contributed by atoms with van der Waals surface area (Å²) in [7, 11) is 1.69. The number of likely N-dealkylation sites (tertiary alicyclic amines) is 1. The monoisotopic (exact) mass is 342 g/mol. The van der Waals surface area contributed by atoms with Gasteiger partial charge in [0.15, 0.2) is 0 Å². The molecule has 2 aromatic rings. The fourth-order valence-electron chi connectivity index (χ4n) is 3.41. The van der Waals surface area contributed by atoms with Gasteiger partial charge in [-0.1, -0.05) is 18.2 Å². The summed E-state index contributed by atoms with van der Waals surface area (Å²) in [6.07, 6.45) is 5.89. The van der Waals surface area contributed by atoms with Crippen molar-refractivity contribution < 1.29 is 9.53 Å². The van der Waals surface area contributed by atoms with Crippen molar-refractivity contribution in [3.8, 4) is 5.75 Å². The number of rotatable bonds is 7. The van der Waals surface area contributed by atoms with Crippen molar-refractivity contribution >= 4 is 5.91 Å². The topological polar surface area (TPSA) is 59.4 Å². The maximum atomic E-state index is 12.5. The van der Waals surface area contributed by atoms with E-state index in [0.29, 0.717) is 6.54 Å². The second kappa shape index (κ2) is 8.16. The zero-order valence-corrected chi connectivity index (χ0v) is 14.9. The van der Waals surface area contributed by atoms with Crippen molar-refractivity contribution in [2.75, 3.05) is 26.7 Å². The van der Waals surface area contributed by atoms with Gasteiger partial charge >= 0.3 is 0 Å². The molecule has 1 saturated heterocycles. The summed E-state index contributed by atoms with van der Waals surface area (Å²) in [6, 6.07) is 9.68. The van der Waals surface area contributed by atoms with E-state index in [0.717, 1.165) is 24.4 Å². The molecular formula is C19H26N4O2. The minimum atomic E-state index is -0.327. The highest BCUT2D eigenvalue weighted by molar-refractivity contribution is 5.79. The van der Waals surface area contributed by atoms with E-state index in [9.17, 15) is 4.79 Å². The number of nitrogens with one attached hydrogen (secondary N) is 1. The maximum absolute atomic E-state index is 12.5. The van der Waals surface area contributed by atoms with Crippen LogP contribution in [0.25, 0.3) is 0 Å². The number of ether oxygens (including phenoxy) is 1. The Morgan fingerprint density at radius 3 is 2.72 bits per heavy atom. The van der Waals surface area contributed by atoms with Gasteiger partial charge in [0.25, 0.3) is 0 Å². The smallest absolute Gasteiger partial charge is 0.244 e. The second-order valence-electron chi connectivity index (χ2n) is 6.41. The van der Waals surface area contributed by atoms with Gasteiger partial charge in [-0.2, -0.15) is 5.10 Å². The second-order valence-corrected chi connectivity index (χ2v) is 6.41. The third-order valence-electron chi connectivity index (χ3n) is 4.85. The molecule has 2 heterocycles. The number of aromatic nitrogens is 2. The van der Waals surface area contributed by atoms with Gasteiger partial charge in [-0.15, -0.1) is 0 Å². The molecule has 134 valence electrons. The summed E-state index contributed by atoms with van der Waals surface area (Å²) in [5.41, 5.74) is 1.12. The molecule has 0 saturated carbocycles. The van der Waals surface area contributed by atoms with Crippen LogP contribution < -0.4 is 10.1 Å². The zero-order valence-electron chi connectivity index (χ0n) is 14.9. The Labute approximate surface area is 148 Å². The van der Waals surface area contributed by atoms with Crippen LogP contribution in [-0.2, 0) is 4.79 Å². The molecule has 6 heteroatoms. The van der Waals surface area contributed by atoms with Gasteiger partial charge in [0, 0.05) is 24.5 Å². The van der Waals surface area contributed by atoms with Gasteiger partial charge in [-0.25, -0.2) is 0 Å². The third kappa shape index (κ3) is 4.02. The Morgan fingerprint density at radius 2 is 2.04 bits per heavy atom. The normalized spacial score (nSPS) is 17.2. The molecule has 1 aliphatic heterocycles. The largest absolute Gasteiger partial charge is 0.496 e. The van der Waals surface area contributed by atoms with Crippen molar-refractivity contribution in [1.29, 1.82) is 0 Å². The van der Waals surface area contributed by atoms with Gasteiger partial charge in [0.2, 0.25) is 5.91 Å². The molecule has 2 atom stereocenters. The highest BCUT2D eigenvalue weighted by Crippen LogP contribution is 2.31. The molecule has 0 radical (unpaired) electrons. The number of amides is 1. The fourth-order valence-corrected chi connectivity index (χ4v) is 3.41.